The monoisotopic (exact) mass is 194 g/mol. The Morgan fingerprint density at radius 1 is 1.21 bits per heavy atom. The SMILES string of the molecule is CCCCCNNc1ccccc1O. The van der Waals surface area contributed by atoms with Gasteiger partial charge in [-0.05, 0) is 18.6 Å². The van der Waals surface area contributed by atoms with E-state index in [1.54, 1.807) is 12.1 Å². The van der Waals surface area contributed by atoms with E-state index in [4.69, 9.17) is 0 Å². The summed E-state index contributed by atoms with van der Waals surface area (Å²) in [7, 11) is 0. The molecule has 3 heteroatoms. The van der Waals surface area contributed by atoms with Crippen molar-refractivity contribution in [3.8, 4) is 5.75 Å². The normalized spacial score (nSPS) is 10.1. The number of rotatable bonds is 6. The van der Waals surface area contributed by atoms with Crippen LogP contribution in [0.3, 0.4) is 0 Å². The maximum Gasteiger partial charge on any atom is 0.139 e. The van der Waals surface area contributed by atoms with Crippen LogP contribution in [-0.4, -0.2) is 11.7 Å². The summed E-state index contributed by atoms with van der Waals surface area (Å²) in [5, 5.41) is 9.41. The number of phenolic OH excluding ortho intramolecular Hbond substituents is 1. The molecule has 1 aromatic carbocycles. The molecule has 3 nitrogen and oxygen atoms in total. The molecule has 0 amide bonds. The number of anilines is 1. The van der Waals surface area contributed by atoms with Gasteiger partial charge in [-0.3, -0.25) is 0 Å². The first-order chi connectivity index (χ1) is 6.84. The van der Waals surface area contributed by atoms with E-state index in [-0.39, 0.29) is 5.75 Å². The van der Waals surface area contributed by atoms with E-state index in [9.17, 15) is 5.11 Å². The Hall–Kier alpha value is -1.22. The van der Waals surface area contributed by atoms with Crippen LogP contribution in [-0.2, 0) is 0 Å². The van der Waals surface area contributed by atoms with Crippen molar-refractivity contribution < 1.29 is 5.11 Å². The lowest BCUT2D eigenvalue weighted by molar-refractivity contribution is 0.476. The minimum absolute atomic E-state index is 0.274. The molecule has 0 unspecified atom stereocenters. The fraction of sp³-hybridized carbons (Fsp3) is 0.455. The van der Waals surface area contributed by atoms with Crippen LogP contribution in [0, 0.1) is 0 Å². The van der Waals surface area contributed by atoms with Gasteiger partial charge in [0.05, 0.1) is 5.69 Å². The molecule has 0 atom stereocenters. The number of unbranched alkanes of at least 4 members (excludes halogenated alkanes) is 2. The van der Waals surface area contributed by atoms with Gasteiger partial charge in [0.1, 0.15) is 5.75 Å². The van der Waals surface area contributed by atoms with E-state index in [1.165, 1.54) is 12.8 Å². The van der Waals surface area contributed by atoms with Crippen LogP contribution < -0.4 is 10.9 Å². The van der Waals surface area contributed by atoms with Crippen molar-refractivity contribution in [1.29, 1.82) is 0 Å². The number of hydrogen-bond donors (Lipinski definition) is 3. The number of phenols is 1. The molecular formula is C11H18N2O. The molecule has 0 aromatic heterocycles. The Balaban J connectivity index is 2.21. The van der Waals surface area contributed by atoms with E-state index >= 15 is 0 Å². The van der Waals surface area contributed by atoms with Gasteiger partial charge in [-0.15, -0.1) is 0 Å². The third kappa shape index (κ3) is 3.66. The van der Waals surface area contributed by atoms with Crippen LogP contribution in [0.2, 0.25) is 0 Å². The molecule has 0 saturated heterocycles. The number of benzene rings is 1. The molecular weight excluding hydrogens is 176 g/mol. The van der Waals surface area contributed by atoms with Crippen molar-refractivity contribution in [1.82, 2.24) is 5.43 Å². The van der Waals surface area contributed by atoms with Crippen LogP contribution in [0.25, 0.3) is 0 Å². The highest BCUT2D eigenvalue weighted by molar-refractivity contribution is 5.54. The lowest BCUT2D eigenvalue weighted by Gasteiger charge is -2.08. The smallest absolute Gasteiger partial charge is 0.139 e. The number of hydrazine groups is 1. The Kier molecular flexibility index (Phi) is 4.86. The van der Waals surface area contributed by atoms with Gasteiger partial charge in [0, 0.05) is 6.54 Å². The second-order valence-electron chi connectivity index (χ2n) is 3.28. The molecule has 14 heavy (non-hydrogen) atoms. The van der Waals surface area contributed by atoms with Crippen molar-refractivity contribution in [2.75, 3.05) is 12.0 Å². The third-order valence-corrected chi connectivity index (χ3v) is 2.03. The third-order valence-electron chi connectivity index (χ3n) is 2.03. The quantitative estimate of drug-likeness (QED) is 0.370. The van der Waals surface area contributed by atoms with E-state index in [2.05, 4.69) is 17.8 Å². The topological polar surface area (TPSA) is 44.3 Å². The van der Waals surface area contributed by atoms with E-state index in [1.807, 2.05) is 12.1 Å². The van der Waals surface area contributed by atoms with E-state index in [0.29, 0.717) is 0 Å². The number of nitrogens with one attached hydrogen (secondary N) is 2. The predicted molar refractivity (Wildman–Crippen MR) is 59.3 cm³/mol. The number of aromatic hydroxyl groups is 1. The summed E-state index contributed by atoms with van der Waals surface area (Å²) >= 11 is 0. The fourth-order valence-corrected chi connectivity index (χ4v) is 1.20. The Bertz CT molecular complexity index is 263. The van der Waals surface area contributed by atoms with E-state index < -0.39 is 0 Å². The van der Waals surface area contributed by atoms with Crippen LogP contribution >= 0.6 is 0 Å². The number of para-hydroxylation sites is 2. The Labute approximate surface area is 85.1 Å². The van der Waals surface area contributed by atoms with Gasteiger partial charge in [0.2, 0.25) is 0 Å². The molecule has 0 spiro atoms. The predicted octanol–water partition coefficient (Wildman–Crippen LogP) is 2.50. The molecule has 1 aromatic rings. The van der Waals surface area contributed by atoms with Crippen molar-refractivity contribution in [3.63, 3.8) is 0 Å². The average molecular weight is 194 g/mol. The maximum atomic E-state index is 9.41. The molecule has 3 N–H and O–H groups in total. The zero-order chi connectivity index (χ0) is 10.2. The van der Waals surface area contributed by atoms with Crippen molar-refractivity contribution in [2.24, 2.45) is 0 Å². The van der Waals surface area contributed by atoms with Gasteiger partial charge in [0.15, 0.2) is 0 Å². The highest BCUT2D eigenvalue weighted by Gasteiger charge is 1.96. The maximum absolute atomic E-state index is 9.41. The first-order valence-corrected chi connectivity index (χ1v) is 5.11. The van der Waals surface area contributed by atoms with Gasteiger partial charge in [-0.25, -0.2) is 5.43 Å². The fourth-order valence-electron chi connectivity index (χ4n) is 1.20. The van der Waals surface area contributed by atoms with Crippen LogP contribution in [0.15, 0.2) is 24.3 Å². The summed E-state index contributed by atoms with van der Waals surface area (Å²) in [4.78, 5) is 0. The summed E-state index contributed by atoms with van der Waals surface area (Å²) < 4.78 is 0. The zero-order valence-electron chi connectivity index (χ0n) is 8.59. The molecule has 0 bridgehead atoms. The molecule has 0 aliphatic heterocycles. The van der Waals surface area contributed by atoms with Crippen LogP contribution in [0.5, 0.6) is 5.75 Å². The first-order valence-electron chi connectivity index (χ1n) is 5.11. The summed E-state index contributed by atoms with van der Waals surface area (Å²) in [5.74, 6) is 0.274. The summed E-state index contributed by atoms with van der Waals surface area (Å²) in [6, 6.07) is 7.19. The minimum atomic E-state index is 0.274. The molecule has 78 valence electrons. The van der Waals surface area contributed by atoms with Crippen molar-refractivity contribution >= 4 is 5.69 Å². The molecule has 0 heterocycles. The highest BCUT2D eigenvalue weighted by atomic mass is 16.3. The zero-order valence-corrected chi connectivity index (χ0v) is 8.59. The molecule has 0 radical (unpaired) electrons. The molecule has 0 aliphatic carbocycles. The van der Waals surface area contributed by atoms with E-state index in [0.717, 1.165) is 18.7 Å². The second-order valence-corrected chi connectivity index (χ2v) is 3.28. The largest absolute Gasteiger partial charge is 0.506 e. The summed E-state index contributed by atoms with van der Waals surface area (Å²) in [5.41, 5.74) is 6.77. The van der Waals surface area contributed by atoms with Gasteiger partial charge >= 0.3 is 0 Å². The Morgan fingerprint density at radius 2 is 2.00 bits per heavy atom. The van der Waals surface area contributed by atoms with Crippen molar-refractivity contribution in [2.45, 2.75) is 26.2 Å². The minimum Gasteiger partial charge on any atom is -0.506 e. The highest BCUT2D eigenvalue weighted by Crippen LogP contribution is 2.20. The molecule has 0 saturated carbocycles. The summed E-state index contributed by atoms with van der Waals surface area (Å²) in [6.45, 7) is 3.10. The van der Waals surface area contributed by atoms with Gasteiger partial charge < -0.3 is 10.5 Å². The average Bonchev–Trinajstić information content (AvgIpc) is 2.20. The molecule has 0 aliphatic rings. The van der Waals surface area contributed by atoms with Gasteiger partial charge in [0.25, 0.3) is 0 Å². The second kappa shape index (κ2) is 6.27. The first kappa shape index (κ1) is 10.9. The van der Waals surface area contributed by atoms with Gasteiger partial charge in [-0.2, -0.15) is 0 Å². The molecule has 1 rings (SSSR count). The lowest BCUT2D eigenvalue weighted by atomic mass is 10.2. The van der Waals surface area contributed by atoms with Gasteiger partial charge in [-0.1, -0.05) is 31.9 Å². The van der Waals surface area contributed by atoms with Crippen LogP contribution in [0.1, 0.15) is 26.2 Å². The Morgan fingerprint density at radius 3 is 2.71 bits per heavy atom. The van der Waals surface area contributed by atoms with Crippen LogP contribution in [0.4, 0.5) is 5.69 Å². The molecule has 0 fully saturated rings. The standard InChI is InChI=1S/C11H18N2O/c1-2-3-6-9-12-13-10-7-4-5-8-11(10)14/h4-5,7-8,12-14H,2-3,6,9H2,1H3. The summed E-state index contributed by atoms with van der Waals surface area (Å²) in [6.07, 6.45) is 3.60. The lowest BCUT2D eigenvalue weighted by Crippen LogP contribution is -2.22. The number of hydrogen-bond acceptors (Lipinski definition) is 3. The van der Waals surface area contributed by atoms with Crippen molar-refractivity contribution in [3.05, 3.63) is 24.3 Å².